The molecule has 1 aromatic rings. The van der Waals surface area contributed by atoms with Crippen molar-refractivity contribution in [3.05, 3.63) is 35.9 Å². The summed E-state index contributed by atoms with van der Waals surface area (Å²) in [5.41, 5.74) is 1.40. The van der Waals surface area contributed by atoms with Crippen molar-refractivity contribution in [1.29, 1.82) is 0 Å². The Morgan fingerprint density at radius 3 is 2.36 bits per heavy atom. The van der Waals surface area contributed by atoms with Crippen LogP contribution in [-0.4, -0.2) is 13.2 Å². The molecular formula is C13H20O. The second-order valence-electron chi connectivity index (χ2n) is 3.85. The third-order valence-electron chi connectivity index (χ3n) is 2.74. The average molecular weight is 192 g/mol. The molecule has 0 aliphatic heterocycles. The van der Waals surface area contributed by atoms with Crippen molar-refractivity contribution in [2.75, 3.05) is 7.11 Å². The van der Waals surface area contributed by atoms with E-state index in [2.05, 4.69) is 44.2 Å². The van der Waals surface area contributed by atoms with Crippen LogP contribution in [0.4, 0.5) is 0 Å². The van der Waals surface area contributed by atoms with Crippen LogP contribution < -0.4 is 0 Å². The second-order valence-corrected chi connectivity index (χ2v) is 3.85. The first-order chi connectivity index (χ1) is 6.77. The van der Waals surface area contributed by atoms with Gasteiger partial charge in [0.15, 0.2) is 0 Å². The van der Waals surface area contributed by atoms with Gasteiger partial charge in [0.25, 0.3) is 0 Å². The molecular weight excluding hydrogens is 172 g/mol. The van der Waals surface area contributed by atoms with E-state index in [0.717, 1.165) is 12.8 Å². The molecule has 0 fully saturated rings. The molecule has 0 aliphatic rings. The molecule has 1 nitrogen and oxygen atoms in total. The summed E-state index contributed by atoms with van der Waals surface area (Å²) in [5.74, 6) is 0.590. The van der Waals surface area contributed by atoms with E-state index in [4.69, 9.17) is 4.74 Å². The number of hydrogen-bond donors (Lipinski definition) is 0. The van der Waals surface area contributed by atoms with Gasteiger partial charge in [0, 0.05) is 7.11 Å². The van der Waals surface area contributed by atoms with Gasteiger partial charge in [-0.15, -0.1) is 0 Å². The molecule has 1 aromatic carbocycles. The van der Waals surface area contributed by atoms with Crippen LogP contribution in [-0.2, 0) is 11.2 Å². The maximum Gasteiger partial charge on any atom is 0.0597 e. The van der Waals surface area contributed by atoms with Crippen molar-refractivity contribution in [1.82, 2.24) is 0 Å². The molecule has 2 atom stereocenters. The zero-order chi connectivity index (χ0) is 10.4. The van der Waals surface area contributed by atoms with E-state index in [-0.39, 0.29) is 0 Å². The smallest absolute Gasteiger partial charge is 0.0597 e. The SMILES string of the molecule is CCC(OC)C(C)Cc1ccccc1. The normalized spacial score (nSPS) is 15.1. The summed E-state index contributed by atoms with van der Waals surface area (Å²) >= 11 is 0. The fourth-order valence-corrected chi connectivity index (χ4v) is 1.92. The lowest BCUT2D eigenvalue weighted by atomic mass is 9.94. The zero-order valence-corrected chi connectivity index (χ0v) is 9.36. The number of ether oxygens (including phenoxy) is 1. The third kappa shape index (κ3) is 3.15. The van der Waals surface area contributed by atoms with Gasteiger partial charge in [0.05, 0.1) is 6.10 Å². The standard InChI is InChI=1S/C13H20O/c1-4-13(14-3)11(2)10-12-8-6-5-7-9-12/h5-9,11,13H,4,10H2,1-3H3. The highest BCUT2D eigenvalue weighted by Crippen LogP contribution is 2.16. The first kappa shape index (κ1) is 11.3. The number of hydrogen-bond acceptors (Lipinski definition) is 1. The maximum absolute atomic E-state index is 5.43. The van der Waals surface area contributed by atoms with Gasteiger partial charge in [-0.25, -0.2) is 0 Å². The van der Waals surface area contributed by atoms with Crippen LogP contribution in [0.5, 0.6) is 0 Å². The highest BCUT2D eigenvalue weighted by atomic mass is 16.5. The average Bonchev–Trinajstić information content (AvgIpc) is 2.21. The van der Waals surface area contributed by atoms with Crippen molar-refractivity contribution in [2.45, 2.75) is 32.8 Å². The zero-order valence-electron chi connectivity index (χ0n) is 9.36. The largest absolute Gasteiger partial charge is 0.381 e. The third-order valence-corrected chi connectivity index (χ3v) is 2.74. The molecule has 0 heterocycles. The summed E-state index contributed by atoms with van der Waals surface area (Å²) in [6.07, 6.45) is 2.58. The van der Waals surface area contributed by atoms with Crippen LogP contribution in [0.25, 0.3) is 0 Å². The van der Waals surface area contributed by atoms with Crippen LogP contribution >= 0.6 is 0 Å². The molecule has 14 heavy (non-hydrogen) atoms. The van der Waals surface area contributed by atoms with E-state index >= 15 is 0 Å². The number of methoxy groups -OCH3 is 1. The molecule has 0 bridgehead atoms. The molecule has 0 spiro atoms. The second kappa shape index (κ2) is 5.82. The molecule has 0 N–H and O–H groups in total. The first-order valence-corrected chi connectivity index (χ1v) is 5.34. The van der Waals surface area contributed by atoms with E-state index in [1.54, 1.807) is 7.11 Å². The molecule has 0 amide bonds. The van der Waals surface area contributed by atoms with Crippen molar-refractivity contribution in [3.63, 3.8) is 0 Å². The highest BCUT2D eigenvalue weighted by molar-refractivity contribution is 5.15. The summed E-state index contributed by atoms with van der Waals surface area (Å²) < 4.78 is 5.43. The lowest BCUT2D eigenvalue weighted by Crippen LogP contribution is -2.21. The summed E-state index contributed by atoms with van der Waals surface area (Å²) in [4.78, 5) is 0. The van der Waals surface area contributed by atoms with Gasteiger partial charge in [-0.3, -0.25) is 0 Å². The van der Waals surface area contributed by atoms with E-state index in [9.17, 15) is 0 Å². The Hall–Kier alpha value is -0.820. The number of benzene rings is 1. The van der Waals surface area contributed by atoms with Gasteiger partial charge in [0.1, 0.15) is 0 Å². The van der Waals surface area contributed by atoms with Crippen molar-refractivity contribution in [3.8, 4) is 0 Å². The van der Waals surface area contributed by atoms with Crippen LogP contribution in [0.1, 0.15) is 25.8 Å². The summed E-state index contributed by atoms with van der Waals surface area (Å²) in [6.45, 7) is 4.43. The lowest BCUT2D eigenvalue weighted by molar-refractivity contribution is 0.0557. The molecule has 0 aliphatic carbocycles. The van der Waals surface area contributed by atoms with Crippen LogP contribution in [0.2, 0.25) is 0 Å². The van der Waals surface area contributed by atoms with E-state index in [1.165, 1.54) is 5.56 Å². The van der Waals surface area contributed by atoms with Crippen molar-refractivity contribution >= 4 is 0 Å². The van der Waals surface area contributed by atoms with Crippen LogP contribution in [0.3, 0.4) is 0 Å². The maximum atomic E-state index is 5.43. The monoisotopic (exact) mass is 192 g/mol. The van der Waals surface area contributed by atoms with Gasteiger partial charge in [-0.1, -0.05) is 44.2 Å². The molecule has 78 valence electrons. The summed E-state index contributed by atoms with van der Waals surface area (Å²) in [7, 11) is 1.80. The first-order valence-electron chi connectivity index (χ1n) is 5.34. The fraction of sp³-hybridized carbons (Fsp3) is 0.538. The summed E-state index contributed by atoms with van der Waals surface area (Å²) in [5, 5.41) is 0. The Morgan fingerprint density at radius 1 is 1.21 bits per heavy atom. The van der Waals surface area contributed by atoms with Crippen molar-refractivity contribution < 1.29 is 4.74 Å². The molecule has 0 aromatic heterocycles. The molecule has 1 rings (SSSR count). The Morgan fingerprint density at radius 2 is 1.86 bits per heavy atom. The Kier molecular flexibility index (Phi) is 4.68. The minimum atomic E-state index is 0.384. The molecule has 1 heteroatoms. The summed E-state index contributed by atoms with van der Waals surface area (Å²) in [6, 6.07) is 10.6. The lowest BCUT2D eigenvalue weighted by Gasteiger charge is -2.21. The number of rotatable bonds is 5. The fourth-order valence-electron chi connectivity index (χ4n) is 1.92. The Balaban J connectivity index is 2.52. The van der Waals surface area contributed by atoms with Crippen molar-refractivity contribution in [2.24, 2.45) is 5.92 Å². The minimum Gasteiger partial charge on any atom is -0.381 e. The molecule has 0 saturated heterocycles. The Labute approximate surface area is 87.1 Å². The van der Waals surface area contributed by atoms with Crippen LogP contribution in [0, 0.1) is 5.92 Å². The van der Waals surface area contributed by atoms with Gasteiger partial charge < -0.3 is 4.74 Å². The van der Waals surface area contributed by atoms with E-state index in [1.807, 2.05) is 0 Å². The van der Waals surface area contributed by atoms with E-state index < -0.39 is 0 Å². The van der Waals surface area contributed by atoms with E-state index in [0.29, 0.717) is 12.0 Å². The van der Waals surface area contributed by atoms with Crippen LogP contribution in [0.15, 0.2) is 30.3 Å². The van der Waals surface area contributed by atoms with Gasteiger partial charge >= 0.3 is 0 Å². The Bertz CT molecular complexity index is 239. The highest BCUT2D eigenvalue weighted by Gasteiger charge is 2.14. The van der Waals surface area contributed by atoms with Gasteiger partial charge in [-0.05, 0) is 24.3 Å². The van der Waals surface area contributed by atoms with Gasteiger partial charge in [0.2, 0.25) is 0 Å². The molecule has 0 saturated carbocycles. The van der Waals surface area contributed by atoms with Gasteiger partial charge in [-0.2, -0.15) is 0 Å². The molecule has 0 radical (unpaired) electrons. The predicted octanol–water partition coefficient (Wildman–Crippen LogP) is 3.29. The predicted molar refractivity (Wildman–Crippen MR) is 60.4 cm³/mol. The molecule has 2 unspecified atom stereocenters. The minimum absolute atomic E-state index is 0.384. The quantitative estimate of drug-likeness (QED) is 0.695. The topological polar surface area (TPSA) is 9.23 Å².